The number of oxazole rings is 1. The van der Waals surface area contributed by atoms with E-state index in [0.29, 0.717) is 60.2 Å². The predicted molar refractivity (Wildman–Crippen MR) is 243 cm³/mol. The van der Waals surface area contributed by atoms with Gasteiger partial charge in [-0.05, 0) is 135 Å². The number of para-hydroxylation sites is 2. The van der Waals surface area contributed by atoms with E-state index < -0.39 is 52.7 Å². The Morgan fingerprint density at radius 3 is 2.30 bits per heavy atom. The number of phenols is 1. The number of halogens is 4. The number of aromatic hydroxyl groups is 1. The number of fused-ring (bicyclic) bond motifs is 5. The molecule has 16 heteroatoms. The predicted octanol–water partition coefficient (Wildman–Crippen LogP) is 10.2. The van der Waals surface area contributed by atoms with Crippen LogP contribution in [0.25, 0.3) is 22.6 Å². The van der Waals surface area contributed by atoms with E-state index in [1.165, 1.54) is 25.2 Å². The van der Waals surface area contributed by atoms with Gasteiger partial charge in [0.05, 0.1) is 58.3 Å². The molecule has 1 saturated carbocycles. The highest BCUT2D eigenvalue weighted by Gasteiger charge is 2.70. The van der Waals surface area contributed by atoms with Crippen LogP contribution in [0.4, 0.5) is 11.4 Å². The number of amides is 4. The highest BCUT2D eigenvalue weighted by molar-refractivity contribution is 9.13. The minimum Gasteiger partial charge on any atom is -0.503 e. The molecule has 63 heavy (non-hydrogen) atoms. The SMILES string of the molecule is COc1ccc(C23C(=O)N(Nc4ccc(Cl)cc4Cl)C(=O)C2CC2C(=CCC4C(=O)N(c5ccc(-c6nc7ccccc7o6)cc5)C(=O)C42)C3c2cc(OC)c(O)c(Br)c2Br)cc1. The molecule has 0 spiro atoms. The molecular formula is C47H34Br2Cl2N4O8. The fourth-order valence-corrected chi connectivity index (χ4v) is 11.6. The maximum atomic E-state index is 15.7. The highest BCUT2D eigenvalue weighted by Crippen LogP contribution is 2.66. The van der Waals surface area contributed by atoms with Gasteiger partial charge >= 0.3 is 0 Å². The third kappa shape index (κ3) is 6.23. The second kappa shape index (κ2) is 15.5. The minimum absolute atomic E-state index is 0.0458. The number of hydrazine groups is 1. The van der Waals surface area contributed by atoms with Gasteiger partial charge in [0.15, 0.2) is 17.1 Å². The zero-order valence-corrected chi connectivity index (χ0v) is 38.0. The van der Waals surface area contributed by atoms with Gasteiger partial charge in [0.2, 0.25) is 17.7 Å². The summed E-state index contributed by atoms with van der Waals surface area (Å²) in [6, 6.07) is 27.7. The molecule has 1 aromatic heterocycles. The van der Waals surface area contributed by atoms with E-state index in [-0.39, 0.29) is 45.4 Å². The number of hydrogen-bond donors (Lipinski definition) is 2. The molecule has 2 N–H and O–H groups in total. The van der Waals surface area contributed by atoms with Crippen LogP contribution in [-0.2, 0) is 24.6 Å². The summed E-state index contributed by atoms with van der Waals surface area (Å²) in [5.41, 5.74) is 5.73. The zero-order chi connectivity index (χ0) is 44.1. The maximum Gasteiger partial charge on any atom is 0.260 e. The van der Waals surface area contributed by atoms with Crippen molar-refractivity contribution in [2.75, 3.05) is 24.5 Å². The number of rotatable bonds is 8. The fourth-order valence-electron chi connectivity index (χ4n) is 10.2. The lowest BCUT2D eigenvalue weighted by Crippen LogP contribution is -2.53. The summed E-state index contributed by atoms with van der Waals surface area (Å²) in [7, 11) is 2.95. The van der Waals surface area contributed by atoms with Crippen LogP contribution in [0, 0.1) is 23.7 Å². The average Bonchev–Trinajstić information content (AvgIpc) is 3.91. The summed E-state index contributed by atoms with van der Waals surface area (Å²) in [4.78, 5) is 66.2. The first-order valence-electron chi connectivity index (χ1n) is 19.9. The van der Waals surface area contributed by atoms with E-state index in [9.17, 15) is 14.7 Å². The van der Waals surface area contributed by atoms with Crippen molar-refractivity contribution in [3.63, 3.8) is 0 Å². The summed E-state index contributed by atoms with van der Waals surface area (Å²) in [5.74, 6) is -5.37. The van der Waals surface area contributed by atoms with Gasteiger partial charge in [-0.1, -0.05) is 59.1 Å². The molecule has 12 nitrogen and oxygen atoms in total. The van der Waals surface area contributed by atoms with Gasteiger partial charge in [-0.25, -0.2) is 4.98 Å². The quantitative estimate of drug-likeness (QED) is 0.111. The van der Waals surface area contributed by atoms with Crippen molar-refractivity contribution in [2.24, 2.45) is 23.7 Å². The molecule has 2 aliphatic heterocycles. The molecule has 3 heterocycles. The number of hydrogen-bond acceptors (Lipinski definition) is 10. The van der Waals surface area contributed by atoms with E-state index in [1.807, 2.05) is 30.3 Å². The first-order valence-corrected chi connectivity index (χ1v) is 22.2. The van der Waals surface area contributed by atoms with Gasteiger partial charge in [-0.15, -0.1) is 0 Å². The third-order valence-corrected chi connectivity index (χ3v) is 15.7. The standard InChI is InChI=1S/C47H34Br2Cl2N4O8/c1-61-26-14-9-23(10-15-26)47-31(44(58)55(46(47)60)53-33-18-11-24(50)19-32(33)51)20-29-27(38(47)30-21-36(62-2)41(56)40(49)39(30)48)16-17-28-37(29)45(59)54(43(28)57)25-12-7-22(8-13-25)42-52-34-5-3-4-6-35(34)63-42/h3-16,18-19,21,28-29,31,37-38,53,56H,17,20H2,1-2H3. The molecule has 5 aromatic carbocycles. The maximum absolute atomic E-state index is 15.7. The van der Waals surface area contributed by atoms with Crippen molar-refractivity contribution in [3.05, 3.63) is 139 Å². The van der Waals surface area contributed by atoms with Crippen LogP contribution in [0.2, 0.25) is 10.0 Å². The van der Waals surface area contributed by atoms with Gasteiger partial charge in [-0.3, -0.25) is 29.5 Å². The Bertz CT molecular complexity index is 2930. The summed E-state index contributed by atoms with van der Waals surface area (Å²) in [6.07, 6.45) is 2.19. The zero-order valence-electron chi connectivity index (χ0n) is 33.3. The van der Waals surface area contributed by atoms with Crippen molar-refractivity contribution < 1.29 is 38.2 Å². The second-order valence-electron chi connectivity index (χ2n) is 15.9. The Labute approximate surface area is 387 Å². The van der Waals surface area contributed by atoms with Gasteiger partial charge in [0.25, 0.3) is 11.8 Å². The summed E-state index contributed by atoms with van der Waals surface area (Å²) in [6.45, 7) is 0. The molecule has 6 aromatic rings. The summed E-state index contributed by atoms with van der Waals surface area (Å²) >= 11 is 20.1. The highest BCUT2D eigenvalue weighted by atomic mass is 79.9. The van der Waals surface area contributed by atoms with Crippen molar-refractivity contribution in [1.29, 1.82) is 0 Å². The van der Waals surface area contributed by atoms with Crippen LogP contribution >= 0.6 is 55.1 Å². The van der Waals surface area contributed by atoms with Crippen LogP contribution in [0.5, 0.6) is 17.2 Å². The number of allylic oxidation sites excluding steroid dienone is 2. The van der Waals surface area contributed by atoms with E-state index in [4.69, 9.17) is 37.1 Å². The van der Waals surface area contributed by atoms with Crippen molar-refractivity contribution in [1.82, 2.24) is 9.99 Å². The van der Waals surface area contributed by atoms with E-state index in [1.54, 1.807) is 66.7 Å². The van der Waals surface area contributed by atoms with E-state index >= 15 is 9.59 Å². The monoisotopic (exact) mass is 1010 g/mol. The molecule has 4 amide bonds. The van der Waals surface area contributed by atoms with Crippen molar-refractivity contribution in [3.8, 4) is 28.7 Å². The van der Waals surface area contributed by atoms with Crippen molar-refractivity contribution >= 4 is 101 Å². The van der Waals surface area contributed by atoms with Gasteiger partial charge in [0, 0.05) is 21.0 Å². The van der Waals surface area contributed by atoms with E-state index in [2.05, 4.69) is 42.3 Å². The smallest absolute Gasteiger partial charge is 0.260 e. The number of nitrogens with one attached hydrogen (secondary N) is 1. The van der Waals surface area contributed by atoms with E-state index in [0.717, 1.165) is 5.01 Å². The number of phenolic OH excluding ortho intramolecular Hbond substituents is 1. The Hall–Kier alpha value is -5.67. The molecule has 2 saturated heterocycles. The molecule has 0 bridgehead atoms. The number of carbonyl (C=O) groups is 4. The Kier molecular flexibility index (Phi) is 10.2. The molecule has 6 atom stereocenters. The molecule has 4 aliphatic rings. The third-order valence-electron chi connectivity index (χ3n) is 13.0. The topological polar surface area (TPSA) is 152 Å². The van der Waals surface area contributed by atoms with Crippen LogP contribution in [0.1, 0.15) is 29.9 Å². The first-order chi connectivity index (χ1) is 30.4. The first kappa shape index (κ1) is 41.3. The van der Waals surface area contributed by atoms with Crippen LogP contribution in [0.15, 0.2) is 122 Å². The number of ether oxygens (including phenoxy) is 2. The number of methoxy groups -OCH3 is 2. The second-order valence-corrected chi connectivity index (χ2v) is 18.3. The molecule has 0 radical (unpaired) electrons. The molecule has 3 fully saturated rings. The molecule has 2 aliphatic carbocycles. The molecule has 318 valence electrons. The molecule has 10 rings (SSSR count). The Morgan fingerprint density at radius 1 is 0.857 bits per heavy atom. The number of benzene rings is 5. The number of nitrogens with zero attached hydrogens (tertiary/aromatic N) is 3. The van der Waals surface area contributed by atoms with Crippen LogP contribution in [-0.4, -0.2) is 52.9 Å². The van der Waals surface area contributed by atoms with Crippen molar-refractivity contribution in [2.45, 2.75) is 24.2 Å². The summed E-state index contributed by atoms with van der Waals surface area (Å²) < 4.78 is 17.8. The normalized spacial score (nSPS) is 24.0. The lowest BCUT2D eigenvalue weighted by Gasteiger charge is -2.51. The van der Waals surface area contributed by atoms with Gasteiger partial charge in [0.1, 0.15) is 11.3 Å². The number of carbonyl (C=O) groups excluding carboxylic acids is 4. The number of aromatic nitrogens is 1. The molecule has 6 unspecified atom stereocenters. The number of anilines is 2. The lowest BCUT2D eigenvalue weighted by molar-refractivity contribution is -0.138. The largest absolute Gasteiger partial charge is 0.503 e. The Balaban J connectivity index is 1.12. The lowest BCUT2D eigenvalue weighted by atomic mass is 9.49. The Morgan fingerprint density at radius 2 is 1.60 bits per heavy atom. The van der Waals surface area contributed by atoms with Gasteiger partial charge < -0.3 is 19.0 Å². The number of imide groups is 2. The van der Waals surface area contributed by atoms with Crippen LogP contribution in [0.3, 0.4) is 0 Å². The van der Waals surface area contributed by atoms with Crippen LogP contribution < -0.4 is 19.8 Å². The average molecular weight is 1010 g/mol. The minimum atomic E-state index is -1.65. The molecular weight excluding hydrogens is 979 g/mol. The summed E-state index contributed by atoms with van der Waals surface area (Å²) in [5, 5.41) is 12.7. The van der Waals surface area contributed by atoms with Gasteiger partial charge in [-0.2, -0.15) is 5.01 Å². The fraction of sp³-hybridized carbons (Fsp3) is 0.213.